The predicted molar refractivity (Wildman–Crippen MR) is 131 cm³/mol. The van der Waals surface area contributed by atoms with E-state index in [1.807, 2.05) is 18.2 Å². The average Bonchev–Trinajstić information content (AvgIpc) is 3.30. The van der Waals surface area contributed by atoms with Gasteiger partial charge in [0.25, 0.3) is 5.91 Å². The number of rotatable bonds is 4. The number of anilines is 2. The molecule has 11 nitrogen and oxygen atoms in total. The van der Waals surface area contributed by atoms with Crippen molar-refractivity contribution in [2.45, 2.75) is 12.6 Å². The Labute approximate surface area is 211 Å². The van der Waals surface area contributed by atoms with Crippen LogP contribution in [-0.2, 0) is 16.1 Å². The van der Waals surface area contributed by atoms with Crippen molar-refractivity contribution >= 4 is 23.6 Å². The lowest BCUT2D eigenvalue weighted by Gasteiger charge is -2.33. The van der Waals surface area contributed by atoms with Crippen molar-refractivity contribution in [3.05, 3.63) is 59.8 Å². The van der Waals surface area contributed by atoms with Gasteiger partial charge >= 0.3 is 6.09 Å². The molecule has 0 saturated carbocycles. The summed E-state index contributed by atoms with van der Waals surface area (Å²) in [5, 5.41) is 22.8. The smallest absolute Gasteiger partial charge is 0.415 e. The van der Waals surface area contributed by atoms with E-state index >= 15 is 0 Å². The Hall–Kier alpha value is -4.69. The molecule has 3 aromatic rings. The molecule has 0 unspecified atom stereocenters. The van der Waals surface area contributed by atoms with Gasteiger partial charge in [-0.25, -0.2) is 14.8 Å². The summed E-state index contributed by atoms with van der Waals surface area (Å²) in [6.07, 6.45) is -0.768. The number of benzene rings is 1. The summed E-state index contributed by atoms with van der Waals surface area (Å²) in [5.74, 6) is 0.966. The van der Waals surface area contributed by atoms with Gasteiger partial charge in [0.15, 0.2) is 18.2 Å². The molecule has 3 aliphatic rings. The largest absolute Gasteiger partial charge is 0.507 e. The normalized spacial score (nSPS) is 20.8. The van der Waals surface area contributed by atoms with Crippen LogP contribution in [0.1, 0.15) is 11.3 Å². The summed E-state index contributed by atoms with van der Waals surface area (Å²) in [6.45, 7) is 2.00. The molecule has 2 fully saturated rings. The van der Waals surface area contributed by atoms with E-state index in [1.54, 1.807) is 36.4 Å². The summed E-state index contributed by atoms with van der Waals surface area (Å²) < 4.78 is 11.1. The molecule has 11 heteroatoms. The number of aromatic nitrogens is 2. The summed E-state index contributed by atoms with van der Waals surface area (Å²) in [7, 11) is 0. The third-order valence-electron chi connectivity index (χ3n) is 6.74. The number of carbonyl (C=O) groups is 2. The Kier molecular flexibility index (Phi) is 5.58. The molecule has 1 aromatic carbocycles. The predicted octanol–water partition coefficient (Wildman–Crippen LogP) is 2.51. The van der Waals surface area contributed by atoms with Crippen LogP contribution in [0.5, 0.6) is 11.5 Å². The van der Waals surface area contributed by atoms with Crippen molar-refractivity contribution in [2.75, 3.05) is 36.5 Å². The van der Waals surface area contributed by atoms with E-state index in [2.05, 4.69) is 20.2 Å². The minimum atomic E-state index is -0.494. The molecule has 0 aliphatic carbocycles. The van der Waals surface area contributed by atoms with E-state index in [9.17, 15) is 14.7 Å². The Morgan fingerprint density at radius 3 is 2.81 bits per heavy atom. The molecule has 6 rings (SSSR count). The summed E-state index contributed by atoms with van der Waals surface area (Å²) in [6, 6.07) is 15.9. The molecule has 186 valence electrons. The zero-order chi connectivity index (χ0) is 25.5. The van der Waals surface area contributed by atoms with Crippen molar-refractivity contribution in [1.82, 2.24) is 14.9 Å². The van der Waals surface area contributed by atoms with Gasteiger partial charge in [0, 0.05) is 43.2 Å². The van der Waals surface area contributed by atoms with Crippen LogP contribution in [0.2, 0.25) is 0 Å². The molecule has 2 atom stereocenters. The first-order valence-corrected chi connectivity index (χ1v) is 11.8. The van der Waals surface area contributed by atoms with Gasteiger partial charge in [-0.15, -0.1) is 0 Å². The van der Waals surface area contributed by atoms with Crippen molar-refractivity contribution in [3.63, 3.8) is 0 Å². The van der Waals surface area contributed by atoms with E-state index in [0.717, 1.165) is 5.56 Å². The number of pyridine rings is 2. The number of amides is 2. The lowest BCUT2D eigenvalue weighted by molar-refractivity contribution is -0.118. The van der Waals surface area contributed by atoms with Gasteiger partial charge in [-0.05, 0) is 30.3 Å². The SMILES string of the molecule is N#Cc1cccc(-c2cccc(CN3C[C@@H]4CN(c5ccc6c(n5)NC(=O)CO6)C(=O)O[C@H]4C3)c2O)n1. The number of carbonyl (C=O) groups excluding carboxylic acids is 2. The maximum Gasteiger partial charge on any atom is 0.415 e. The van der Waals surface area contributed by atoms with Gasteiger partial charge in [-0.2, -0.15) is 5.26 Å². The Bertz CT molecular complexity index is 1450. The zero-order valence-electron chi connectivity index (χ0n) is 19.6. The van der Waals surface area contributed by atoms with Crippen LogP contribution >= 0.6 is 0 Å². The van der Waals surface area contributed by atoms with Gasteiger partial charge in [0.1, 0.15) is 29.4 Å². The quantitative estimate of drug-likeness (QED) is 0.555. The van der Waals surface area contributed by atoms with Crippen molar-refractivity contribution in [2.24, 2.45) is 5.92 Å². The van der Waals surface area contributed by atoms with Gasteiger partial charge in [0.05, 0.1) is 5.69 Å². The maximum absolute atomic E-state index is 12.8. The third-order valence-corrected chi connectivity index (χ3v) is 6.74. The highest BCUT2D eigenvalue weighted by Gasteiger charge is 2.43. The second-order valence-corrected chi connectivity index (χ2v) is 9.17. The second-order valence-electron chi connectivity index (χ2n) is 9.17. The number of fused-ring (bicyclic) bond motifs is 2. The van der Waals surface area contributed by atoms with Crippen LogP contribution < -0.4 is 15.0 Å². The molecular formula is C26H22N6O5. The van der Waals surface area contributed by atoms with Crippen molar-refractivity contribution in [3.8, 4) is 28.8 Å². The highest BCUT2D eigenvalue weighted by molar-refractivity contribution is 5.95. The number of phenols is 1. The van der Waals surface area contributed by atoms with E-state index in [0.29, 0.717) is 49.0 Å². The molecule has 2 saturated heterocycles. The number of aromatic hydroxyl groups is 1. The molecule has 3 aliphatic heterocycles. The first-order valence-electron chi connectivity index (χ1n) is 11.8. The van der Waals surface area contributed by atoms with E-state index in [-0.39, 0.29) is 41.8 Å². The highest BCUT2D eigenvalue weighted by Crippen LogP contribution is 2.35. The molecule has 0 spiro atoms. The molecule has 0 radical (unpaired) electrons. The van der Waals surface area contributed by atoms with Gasteiger partial charge in [-0.1, -0.05) is 18.2 Å². The van der Waals surface area contributed by atoms with Crippen LogP contribution in [0.15, 0.2) is 48.5 Å². The Morgan fingerprint density at radius 2 is 1.95 bits per heavy atom. The molecule has 2 aromatic heterocycles. The first kappa shape index (κ1) is 22.8. The van der Waals surface area contributed by atoms with E-state index < -0.39 is 6.09 Å². The van der Waals surface area contributed by atoms with Crippen LogP contribution in [0.4, 0.5) is 16.4 Å². The number of hydrogen-bond acceptors (Lipinski definition) is 9. The topological polar surface area (TPSA) is 141 Å². The molecular weight excluding hydrogens is 476 g/mol. The third kappa shape index (κ3) is 4.28. The van der Waals surface area contributed by atoms with Crippen molar-refractivity contribution in [1.29, 1.82) is 5.26 Å². The summed E-state index contributed by atoms with van der Waals surface area (Å²) in [5.41, 5.74) is 2.08. The first-order chi connectivity index (χ1) is 18.0. The number of hydrogen-bond donors (Lipinski definition) is 2. The van der Waals surface area contributed by atoms with Crippen LogP contribution in [-0.4, -0.2) is 64.3 Å². The second kappa shape index (κ2) is 9.07. The Balaban J connectivity index is 1.17. The highest BCUT2D eigenvalue weighted by atomic mass is 16.6. The molecule has 2 N–H and O–H groups in total. The maximum atomic E-state index is 12.8. The number of likely N-dealkylation sites (tertiary alicyclic amines) is 1. The summed E-state index contributed by atoms with van der Waals surface area (Å²) in [4.78, 5) is 36.7. The number of para-hydroxylation sites is 1. The monoisotopic (exact) mass is 498 g/mol. The van der Waals surface area contributed by atoms with Gasteiger partial charge in [-0.3, -0.25) is 14.6 Å². The molecule has 37 heavy (non-hydrogen) atoms. The number of nitrogens with zero attached hydrogens (tertiary/aromatic N) is 5. The van der Waals surface area contributed by atoms with Crippen molar-refractivity contribution < 1.29 is 24.2 Å². The zero-order valence-corrected chi connectivity index (χ0v) is 19.6. The van der Waals surface area contributed by atoms with E-state index in [4.69, 9.17) is 14.7 Å². The van der Waals surface area contributed by atoms with E-state index in [1.165, 1.54) is 4.90 Å². The fourth-order valence-electron chi connectivity index (χ4n) is 4.97. The van der Waals surface area contributed by atoms with Crippen LogP contribution in [0.25, 0.3) is 11.3 Å². The number of nitrogens with one attached hydrogen (secondary N) is 1. The lowest BCUT2D eigenvalue weighted by Crippen LogP contribution is -2.48. The number of nitriles is 1. The molecule has 5 heterocycles. The Morgan fingerprint density at radius 1 is 1.08 bits per heavy atom. The van der Waals surface area contributed by atoms with Gasteiger partial charge < -0.3 is 19.9 Å². The lowest BCUT2D eigenvalue weighted by atomic mass is 10.0. The fourth-order valence-corrected chi connectivity index (χ4v) is 4.97. The molecule has 2 amide bonds. The minimum Gasteiger partial charge on any atom is -0.507 e. The van der Waals surface area contributed by atoms with Gasteiger partial charge in [0.2, 0.25) is 0 Å². The minimum absolute atomic E-state index is 0.0423. The number of phenolic OH excluding ortho intramolecular Hbond substituents is 1. The standard InChI is InChI=1S/C26H22N6O5/c27-9-17-4-2-6-19(28-17)18-5-1-3-15(24(18)34)10-31-11-16-12-32(26(35)37-21(16)13-31)22-8-7-20-25(29-22)30-23(33)14-36-20/h1-8,16,21,34H,10-14H2,(H,29,30,33)/t16-,21+/m1/s1. The summed E-state index contributed by atoms with van der Waals surface area (Å²) >= 11 is 0. The number of ether oxygens (including phenoxy) is 2. The fraction of sp³-hybridized carbons (Fsp3) is 0.269. The average molecular weight is 498 g/mol. The van der Waals surface area contributed by atoms with Crippen LogP contribution in [0.3, 0.4) is 0 Å². The molecule has 0 bridgehead atoms. The van der Waals surface area contributed by atoms with Crippen LogP contribution in [0, 0.1) is 17.2 Å².